The third kappa shape index (κ3) is 5.41. The standard InChI is InChI=1S/C18H16F2N2O6S/c1-25-13-9-11(4-5-12(13)27-17(19)20)10-26-15(23)6-7-22-18(24)28-16(21-22)14-3-2-8-29-14/h2-5,8-9,17H,6-7,10H2,1H3. The van der Waals surface area contributed by atoms with E-state index in [1.54, 1.807) is 12.1 Å². The van der Waals surface area contributed by atoms with Gasteiger partial charge in [-0.05, 0) is 29.1 Å². The van der Waals surface area contributed by atoms with Crippen LogP contribution in [0, 0.1) is 0 Å². The lowest BCUT2D eigenvalue weighted by Gasteiger charge is -2.11. The molecule has 8 nitrogen and oxygen atoms in total. The van der Waals surface area contributed by atoms with Gasteiger partial charge in [0, 0.05) is 0 Å². The molecule has 0 spiro atoms. The Kier molecular flexibility index (Phi) is 6.60. The predicted octanol–water partition coefficient (Wildman–Crippen LogP) is 3.31. The molecular weight excluding hydrogens is 410 g/mol. The number of hydrogen-bond donors (Lipinski definition) is 0. The smallest absolute Gasteiger partial charge is 0.437 e. The minimum Gasteiger partial charge on any atom is -0.493 e. The molecule has 0 saturated carbocycles. The quantitative estimate of drug-likeness (QED) is 0.485. The highest BCUT2D eigenvalue weighted by Crippen LogP contribution is 2.29. The summed E-state index contributed by atoms with van der Waals surface area (Å²) in [6.45, 7) is -3.08. The maximum atomic E-state index is 12.3. The molecule has 2 aromatic heterocycles. The molecule has 11 heteroatoms. The summed E-state index contributed by atoms with van der Waals surface area (Å²) in [5, 5.41) is 5.87. The van der Waals surface area contributed by atoms with Crippen molar-refractivity contribution in [1.82, 2.24) is 9.78 Å². The third-order valence-corrected chi connectivity index (χ3v) is 4.57. The number of benzene rings is 1. The third-order valence-electron chi connectivity index (χ3n) is 3.71. The van der Waals surface area contributed by atoms with Crippen LogP contribution in [-0.4, -0.2) is 29.5 Å². The van der Waals surface area contributed by atoms with Crippen LogP contribution in [0.1, 0.15) is 12.0 Å². The van der Waals surface area contributed by atoms with E-state index in [0.717, 1.165) is 4.68 Å². The number of halogens is 2. The van der Waals surface area contributed by atoms with E-state index >= 15 is 0 Å². The fourth-order valence-electron chi connectivity index (χ4n) is 2.38. The lowest BCUT2D eigenvalue weighted by molar-refractivity contribution is -0.145. The van der Waals surface area contributed by atoms with Crippen LogP contribution in [0.2, 0.25) is 0 Å². The van der Waals surface area contributed by atoms with E-state index in [-0.39, 0.29) is 37.0 Å². The number of thiophene rings is 1. The molecule has 0 aliphatic carbocycles. The Morgan fingerprint density at radius 1 is 1.31 bits per heavy atom. The van der Waals surface area contributed by atoms with Gasteiger partial charge in [-0.1, -0.05) is 12.1 Å². The van der Waals surface area contributed by atoms with Gasteiger partial charge >= 0.3 is 18.3 Å². The van der Waals surface area contributed by atoms with Gasteiger partial charge in [0.05, 0.1) is 25.0 Å². The van der Waals surface area contributed by atoms with E-state index in [9.17, 15) is 18.4 Å². The number of ether oxygens (including phenoxy) is 3. The first-order valence-electron chi connectivity index (χ1n) is 8.35. The second-order valence-electron chi connectivity index (χ2n) is 5.65. The highest BCUT2D eigenvalue weighted by Gasteiger charge is 2.14. The summed E-state index contributed by atoms with van der Waals surface area (Å²) in [6.07, 6.45) is -0.0972. The zero-order chi connectivity index (χ0) is 20.8. The maximum absolute atomic E-state index is 12.3. The van der Waals surface area contributed by atoms with Crippen molar-refractivity contribution in [3.63, 3.8) is 0 Å². The van der Waals surface area contributed by atoms with Crippen LogP contribution in [-0.2, 0) is 22.7 Å². The topological polar surface area (TPSA) is 92.8 Å². The molecule has 3 aromatic rings. The van der Waals surface area contributed by atoms with Crippen LogP contribution in [0.4, 0.5) is 8.78 Å². The monoisotopic (exact) mass is 426 g/mol. The summed E-state index contributed by atoms with van der Waals surface area (Å²) < 4.78 is 45.3. The SMILES string of the molecule is COc1cc(COC(=O)CCn2nc(-c3cccs3)oc2=O)ccc1OC(F)F. The van der Waals surface area contributed by atoms with Gasteiger partial charge in [-0.15, -0.1) is 16.4 Å². The summed E-state index contributed by atoms with van der Waals surface area (Å²) in [6, 6.07) is 7.77. The summed E-state index contributed by atoms with van der Waals surface area (Å²) in [5.41, 5.74) is 0.524. The average Bonchev–Trinajstić information content (AvgIpc) is 3.35. The van der Waals surface area contributed by atoms with Crippen molar-refractivity contribution in [2.24, 2.45) is 0 Å². The van der Waals surface area contributed by atoms with Crippen molar-refractivity contribution in [3.8, 4) is 22.3 Å². The zero-order valence-electron chi connectivity index (χ0n) is 15.2. The molecule has 0 aliphatic heterocycles. The van der Waals surface area contributed by atoms with Crippen molar-refractivity contribution in [2.75, 3.05) is 7.11 Å². The second kappa shape index (κ2) is 9.32. The Morgan fingerprint density at radius 2 is 2.14 bits per heavy atom. The molecule has 2 heterocycles. The molecule has 3 rings (SSSR count). The molecular formula is C18H16F2N2O6S. The second-order valence-corrected chi connectivity index (χ2v) is 6.60. The van der Waals surface area contributed by atoms with E-state index in [0.29, 0.717) is 10.4 Å². The number of aryl methyl sites for hydroxylation is 1. The highest BCUT2D eigenvalue weighted by atomic mass is 32.1. The number of methoxy groups -OCH3 is 1. The van der Waals surface area contributed by atoms with Crippen LogP contribution in [0.25, 0.3) is 10.8 Å². The number of rotatable bonds is 9. The highest BCUT2D eigenvalue weighted by molar-refractivity contribution is 7.13. The van der Waals surface area contributed by atoms with E-state index in [1.165, 1.54) is 36.6 Å². The van der Waals surface area contributed by atoms with E-state index in [2.05, 4.69) is 9.84 Å². The Bertz CT molecular complexity index is 1020. The molecule has 0 unspecified atom stereocenters. The van der Waals surface area contributed by atoms with Gasteiger partial charge in [0.1, 0.15) is 6.61 Å². The normalized spacial score (nSPS) is 10.9. The summed E-state index contributed by atoms with van der Waals surface area (Å²) in [7, 11) is 1.31. The summed E-state index contributed by atoms with van der Waals surface area (Å²) >= 11 is 1.37. The number of carbonyl (C=O) groups is 1. The molecule has 0 aliphatic rings. The number of carbonyl (C=O) groups excluding carboxylic acids is 1. The van der Waals surface area contributed by atoms with Gasteiger partial charge in [-0.3, -0.25) is 4.79 Å². The van der Waals surface area contributed by atoms with Crippen molar-refractivity contribution in [1.29, 1.82) is 0 Å². The number of alkyl halides is 2. The van der Waals surface area contributed by atoms with Gasteiger partial charge < -0.3 is 18.6 Å². The number of aromatic nitrogens is 2. The van der Waals surface area contributed by atoms with Gasteiger partial charge in [0.25, 0.3) is 5.89 Å². The molecule has 0 saturated heterocycles. The zero-order valence-corrected chi connectivity index (χ0v) is 16.0. The number of nitrogens with zero attached hydrogens (tertiary/aromatic N) is 2. The minimum absolute atomic E-state index is 0.00295. The molecule has 0 bridgehead atoms. The van der Waals surface area contributed by atoms with Crippen LogP contribution in [0.5, 0.6) is 11.5 Å². The maximum Gasteiger partial charge on any atom is 0.437 e. The fraction of sp³-hybridized carbons (Fsp3) is 0.278. The van der Waals surface area contributed by atoms with E-state index in [1.807, 2.05) is 5.38 Å². The average molecular weight is 426 g/mol. The van der Waals surface area contributed by atoms with Crippen molar-refractivity contribution in [3.05, 3.63) is 51.8 Å². The van der Waals surface area contributed by atoms with Gasteiger partial charge in [0.2, 0.25) is 0 Å². The molecule has 0 amide bonds. The van der Waals surface area contributed by atoms with Crippen LogP contribution >= 0.6 is 11.3 Å². The van der Waals surface area contributed by atoms with Crippen molar-refractivity contribution >= 4 is 17.3 Å². The summed E-state index contributed by atoms with van der Waals surface area (Å²) in [4.78, 5) is 24.5. The first-order valence-corrected chi connectivity index (χ1v) is 9.23. The molecule has 0 radical (unpaired) electrons. The van der Waals surface area contributed by atoms with Gasteiger partial charge in [-0.2, -0.15) is 13.5 Å². The molecule has 0 fully saturated rings. The molecule has 0 atom stereocenters. The summed E-state index contributed by atoms with van der Waals surface area (Å²) in [5.74, 6) is -1.07. The van der Waals surface area contributed by atoms with Gasteiger partial charge in [-0.25, -0.2) is 4.79 Å². The van der Waals surface area contributed by atoms with Crippen LogP contribution < -0.4 is 15.2 Å². The number of esters is 1. The molecule has 0 N–H and O–H groups in total. The molecule has 1 aromatic carbocycles. The Morgan fingerprint density at radius 3 is 2.83 bits per heavy atom. The predicted molar refractivity (Wildman–Crippen MR) is 98.1 cm³/mol. The number of hydrogen-bond acceptors (Lipinski definition) is 8. The van der Waals surface area contributed by atoms with E-state index < -0.39 is 18.3 Å². The molecule has 154 valence electrons. The Labute approximate surface area is 167 Å². The lowest BCUT2D eigenvalue weighted by Crippen LogP contribution is -2.18. The Balaban J connectivity index is 1.53. The van der Waals surface area contributed by atoms with Crippen LogP contribution in [0.15, 0.2) is 44.9 Å². The lowest BCUT2D eigenvalue weighted by atomic mass is 10.2. The van der Waals surface area contributed by atoms with Gasteiger partial charge in [0.15, 0.2) is 11.5 Å². The Hall–Kier alpha value is -3.21. The first-order chi connectivity index (χ1) is 14.0. The first kappa shape index (κ1) is 20.5. The van der Waals surface area contributed by atoms with Crippen molar-refractivity contribution in [2.45, 2.75) is 26.2 Å². The van der Waals surface area contributed by atoms with Crippen LogP contribution in [0.3, 0.4) is 0 Å². The largest absolute Gasteiger partial charge is 0.493 e. The minimum atomic E-state index is -2.98. The van der Waals surface area contributed by atoms with Crippen molar-refractivity contribution < 1.29 is 32.2 Å². The molecule has 29 heavy (non-hydrogen) atoms. The van der Waals surface area contributed by atoms with E-state index in [4.69, 9.17) is 13.9 Å². The fourth-order valence-corrected chi connectivity index (χ4v) is 3.02.